The number of halogens is 3. The third kappa shape index (κ3) is 3.38. The molecule has 0 amide bonds. The van der Waals surface area contributed by atoms with Gasteiger partial charge in [0.1, 0.15) is 0 Å². The van der Waals surface area contributed by atoms with E-state index in [0.29, 0.717) is 6.54 Å². The van der Waals surface area contributed by atoms with E-state index in [2.05, 4.69) is 10.6 Å². The van der Waals surface area contributed by atoms with Crippen molar-refractivity contribution in [2.24, 2.45) is 0 Å². The van der Waals surface area contributed by atoms with Crippen molar-refractivity contribution >= 4 is 5.69 Å². The van der Waals surface area contributed by atoms with Gasteiger partial charge in [-0.2, -0.15) is 13.2 Å². The van der Waals surface area contributed by atoms with Crippen LogP contribution in [0, 0.1) is 0 Å². The molecule has 0 fully saturated rings. The molecule has 5 heteroatoms. The van der Waals surface area contributed by atoms with Crippen molar-refractivity contribution in [2.45, 2.75) is 31.5 Å². The number of hydrogen-bond donors (Lipinski definition) is 2. The van der Waals surface area contributed by atoms with Crippen LogP contribution in [0.1, 0.15) is 24.8 Å². The molecule has 0 aromatic heterocycles. The summed E-state index contributed by atoms with van der Waals surface area (Å²) in [6.45, 7) is 2.92. The average molecular weight is 258 g/mol. The van der Waals surface area contributed by atoms with Crippen LogP contribution in [-0.4, -0.2) is 25.3 Å². The third-order valence-corrected chi connectivity index (χ3v) is 3.19. The van der Waals surface area contributed by atoms with E-state index in [4.69, 9.17) is 0 Å². The molecular weight excluding hydrogens is 241 g/mol. The number of hydrogen-bond acceptors (Lipinski definition) is 2. The smallest absolute Gasteiger partial charge is 0.384 e. The van der Waals surface area contributed by atoms with Crippen molar-refractivity contribution in [2.75, 3.05) is 18.4 Å². The molecule has 0 spiro atoms. The van der Waals surface area contributed by atoms with Crippen molar-refractivity contribution in [3.63, 3.8) is 0 Å². The van der Waals surface area contributed by atoms with Crippen LogP contribution in [-0.2, 0) is 0 Å². The minimum absolute atomic E-state index is 0.247. The molecule has 0 bridgehead atoms. The number of para-hydroxylation sites is 1. The zero-order chi connectivity index (χ0) is 13.2. The molecular formula is C13H17F3N2. The predicted octanol–water partition coefficient (Wildman–Crippen LogP) is 3.13. The summed E-state index contributed by atoms with van der Waals surface area (Å²) in [6.07, 6.45) is -4.88. The van der Waals surface area contributed by atoms with Gasteiger partial charge in [0, 0.05) is 30.7 Å². The van der Waals surface area contributed by atoms with Gasteiger partial charge in [-0.15, -0.1) is 0 Å². The summed E-state index contributed by atoms with van der Waals surface area (Å²) in [7, 11) is 0. The van der Waals surface area contributed by atoms with Crippen LogP contribution in [0.25, 0.3) is 0 Å². The van der Waals surface area contributed by atoms with Crippen LogP contribution in [0.4, 0.5) is 18.9 Å². The van der Waals surface area contributed by atoms with E-state index in [1.807, 2.05) is 24.3 Å². The molecule has 1 aromatic carbocycles. The Morgan fingerprint density at radius 2 is 2.11 bits per heavy atom. The molecule has 2 rings (SSSR count). The van der Waals surface area contributed by atoms with Gasteiger partial charge in [-0.3, -0.25) is 0 Å². The van der Waals surface area contributed by atoms with Crippen LogP contribution in [0.5, 0.6) is 0 Å². The average Bonchev–Trinajstić information content (AvgIpc) is 2.67. The number of alkyl halides is 3. The molecule has 1 aliphatic heterocycles. The van der Waals surface area contributed by atoms with Crippen molar-refractivity contribution in [1.29, 1.82) is 0 Å². The van der Waals surface area contributed by atoms with Gasteiger partial charge < -0.3 is 10.6 Å². The van der Waals surface area contributed by atoms with E-state index in [-0.39, 0.29) is 5.92 Å². The zero-order valence-electron chi connectivity index (χ0n) is 10.2. The molecule has 1 aromatic rings. The molecule has 18 heavy (non-hydrogen) atoms. The molecule has 100 valence electrons. The Morgan fingerprint density at radius 1 is 1.39 bits per heavy atom. The summed E-state index contributed by atoms with van der Waals surface area (Å²) >= 11 is 0. The van der Waals surface area contributed by atoms with Crippen LogP contribution in [0.2, 0.25) is 0 Å². The minimum Gasteiger partial charge on any atom is -0.384 e. The maximum absolute atomic E-state index is 12.2. The molecule has 2 unspecified atom stereocenters. The number of fused-ring (bicyclic) bond motifs is 1. The van der Waals surface area contributed by atoms with E-state index < -0.39 is 18.6 Å². The maximum atomic E-state index is 12.2. The highest BCUT2D eigenvalue weighted by atomic mass is 19.4. The molecule has 1 aliphatic rings. The highest BCUT2D eigenvalue weighted by Gasteiger charge is 2.30. The molecule has 2 N–H and O–H groups in total. The van der Waals surface area contributed by atoms with Crippen LogP contribution < -0.4 is 10.6 Å². The van der Waals surface area contributed by atoms with E-state index in [1.54, 1.807) is 6.92 Å². The summed E-state index contributed by atoms with van der Waals surface area (Å²) in [5.74, 6) is 0.247. The summed E-state index contributed by atoms with van der Waals surface area (Å²) in [5.41, 5.74) is 2.27. The molecule has 2 atom stereocenters. The Hall–Kier alpha value is -1.23. The molecule has 0 aliphatic carbocycles. The van der Waals surface area contributed by atoms with Gasteiger partial charge in [0.25, 0.3) is 0 Å². The summed E-state index contributed by atoms with van der Waals surface area (Å²) in [5, 5.41) is 6.22. The zero-order valence-corrected chi connectivity index (χ0v) is 10.2. The second kappa shape index (κ2) is 5.18. The van der Waals surface area contributed by atoms with Gasteiger partial charge in [-0.25, -0.2) is 0 Å². The highest BCUT2D eigenvalue weighted by molar-refractivity contribution is 5.57. The summed E-state index contributed by atoms with van der Waals surface area (Å²) in [6, 6.07) is 7.38. The van der Waals surface area contributed by atoms with Crippen molar-refractivity contribution in [3.05, 3.63) is 29.8 Å². The van der Waals surface area contributed by atoms with E-state index in [1.165, 1.54) is 5.56 Å². The fraction of sp³-hybridized carbons (Fsp3) is 0.538. The Kier molecular flexibility index (Phi) is 3.80. The van der Waals surface area contributed by atoms with Crippen LogP contribution in [0.3, 0.4) is 0 Å². The quantitative estimate of drug-likeness (QED) is 0.867. The van der Waals surface area contributed by atoms with Gasteiger partial charge in [-0.1, -0.05) is 18.2 Å². The van der Waals surface area contributed by atoms with Gasteiger partial charge in [-0.05, 0) is 18.6 Å². The predicted molar refractivity (Wildman–Crippen MR) is 65.8 cm³/mol. The van der Waals surface area contributed by atoms with Gasteiger partial charge in [0.2, 0.25) is 0 Å². The Labute approximate surface area is 105 Å². The number of benzene rings is 1. The minimum atomic E-state index is -4.10. The molecule has 0 saturated carbocycles. The lowest BCUT2D eigenvalue weighted by Crippen LogP contribution is -2.34. The Balaban J connectivity index is 1.85. The molecule has 0 saturated heterocycles. The first-order valence-corrected chi connectivity index (χ1v) is 6.08. The number of anilines is 1. The van der Waals surface area contributed by atoms with Crippen molar-refractivity contribution in [3.8, 4) is 0 Å². The largest absolute Gasteiger partial charge is 0.390 e. The lowest BCUT2D eigenvalue weighted by molar-refractivity contribution is -0.139. The van der Waals surface area contributed by atoms with Gasteiger partial charge >= 0.3 is 6.18 Å². The van der Waals surface area contributed by atoms with Gasteiger partial charge in [0.15, 0.2) is 0 Å². The van der Waals surface area contributed by atoms with E-state index >= 15 is 0 Å². The Morgan fingerprint density at radius 3 is 2.83 bits per heavy atom. The summed E-state index contributed by atoms with van der Waals surface area (Å²) < 4.78 is 36.6. The van der Waals surface area contributed by atoms with E-state index in [9.17, 15) is 13.2 Å². The lowest BCUT2D eigenvalue weighted by atomic mass is 10.0. The first kappa shape index (κ1) is 13.2. The van der Waals surface area contributed by atoms with Crippen molar-refractivity contribution < 1.29 is 13.2 Å². The molecule has 1 heterocycles. The fourth-order valence-electron chi connectivity index (χ4n) is 2.30. The second-order valence-electron chi connectivity index (χ2n) is 4.79. The first-order valence-electron chi connectivity index (χ1n) is 6.08. The Bertz CT molecular complexity index is 403. The van der Waals surface area contributed by atoms with Crippen LogP contribution in [0.15, 0.2) is 24.3 Å². The topological polar surface area (TPSA) is 24.1 Å². The SMILES string of the molecule is CC(CC(F)(F)F)NCC1CNc2ccccc21. The normalized spacial score (nSPS) is 20.3. The molecule has 2 nitrogen and oxygen atoms in total. The maximum Gasteiger partial charge on any atom is 0.390 e. The van der Waals surface area contributed by atoms with Gasteiger partial charge in [0.05, 0.1) is 6.42 Å². The van der Waals surface area contributed by atoms with Crippen molar-refractivity contribution in [1.82, 2.24) is 5.32 Å². The van der Waals surface area contributed by atoms with E-state index in [0.717, 1.165) is 12.2 Å². The number of nitrogens with one attached hydrogen (secondary N) is 2. The third-order valence-electron chi connectivity index (χ3n) is 3.19. The number of rotatable bonds is 4. The fourth-order valence-corrected chi connectivity index (χ4v) is 2.30. The second-order valence-corrected chi connectivity index (χ2v) is 4.79. The first-order chi connectivity index (χ1) is 8.46. The monoisotopic (exact) mass is 258 g/mol. The van der Waals surface area contributed by atoms with Crippen LogP contribution >= 0.6 is 0 Å². The lowest BCUT2D eigenvalue weighted by Gasteiger charge is -2.18. The summed E-state index contributed by atoms with van der Waals surface area (Å²) in [4.78, 5) is 0. The molecule has 0 radical (unpaired) electrons. The standard InChI is InChI=1S/C13H17F3N2/c1-9(6-13(14,15)16)17-7-10-8-18-12-5-3-2-4-11(10)12/h2-5,9-10,17-18H,6-8H2,1H3. The highest BCUT2D eigenvalue weighted by Crippen LogP contribution is 2.30.